The van der Waals surface area contributed by atoms with E-state index in [2.05, 4.69) is 17.1 Å². The van der Waals surface area contributed by atoms with Gasteiger partial charge in [-0.25, -0.2) is 0 Å². The lowest BCUT2D eigenvalue weighted by Gasteiger charge is -2.22. The molecule has 5 heteroatoms. The number of carbonyl (C=O) groups excluding carboxylic acids is 1. The molecule has 0 fully saturated rings. The van der Waals surface area contributed by atoms with Crippen LogP contribution in [-0.4, -0.2) is 45.8 Å². The van der Waals surface area contributed by atoms with Gasteiger partial charge in [-0.05, 0) is 38.5 Å². The molecule has 5 nitrogen and oxygen atoms in total. The van der Waals surface area contributed by atoms with Gasteiger partial charge in [-0.1, -0.05) is 13.3 Å². The summed E-state index contributed by atoms with van der Waals surface area (Å²) in [6, 6.07) is 0. The fourth-order valence-electron chi connectivity index (χ4n) is 2.73. The molecule has 0 aromatic carbocycles. The highest BCUT2D eigenvalue weighted by molar-refractivity contribution is 5.94. The first-order valence-corrected chi connectivity index (χ1v) is 7.74. The molecule has 0 bridgehead atoms. The van der Waals surface area contributed by atoms with Crippen molar-refractivity contribution in [1.29, 1.82) is 0 Å². The average Bonchev–Trinajstić information content (AvgIpc) is 2.91. The highest BCUT2D eigenvalue weighted by Crippen LogP contribution is 2.23. The van der Waals surface area contributed by atoms with Gasteiger partial charge in [-0.3, -0.25) is 9.89 Å². The molecular weight excluding hydrogens is 254 g/mol. The number of aryl methyl sites for hydroxylation is 1. The van der Waals surface area contributed by atoms with Crippen LogP contribution in [0.2, 0.25) is 0 Å². The van der Waals surface area contributed by atoms with Gasteiger partial charge in [-0.2, -0.15) is 5.10 Å². The second-order valence-corrected chi connectivity index (χ2v) is 5.46. The maximum atomic E-state index is 12.7. The topological polar surface area (TPSA) is 69.2 Å². The van der Waals surface area contributed by atoms with E-state index in [4.69, 9.17) is 5.11 Å². The summed E-state index contributed by atoms with van der Waals surface area (Å²) in [7, 11) is 0. The maximum Gasteiger partial charge on any atom is 0.274 e. The predicted octanol–water partition coefficient (Wildman–Crippen LogP) is 1.91. The number of nitrogens with zero attached hydrogens (tertiary/aromatic N) is 2. The number of H-pyrrole nitrogens is 1. The second kappa shape index (κ2) is 7.43. The van der Waals surface area contributed by atoms with Crippen molar-refractivity contribution in [3.63, 3.8) is 0 Å². The highest BCUT2D eigenvalue weighted by atomic mass is 16.3. The van der Waals surface area contributed by atoms with Crippen LogP contribution < -0.4 is 0 Å². The van der Waals surface area contributed by atoms with Crippen LogP contribution in [-0.2, 0) is 12.8 Å². The lowest BCUT2D eigenvalue weighted by molar-refractivity contribution is 0.0735. The van der Waals surface area contributed by atoms with Crippen LogP contribution in [0.4, 0.5) is 0 Å². The van der Waals surface area contributed by atoms with E-state index >= 15 is 0 Å². The highest BCUT2D eigenvalue weighted by Gasteiger charge is 2.25. The minimum Gasteiger partial charge on any atom is -0.396 e. The van der Waals surface area contributed by atoms with Crippen LogP contribution in [0.1, 0.15) is 60.8 Å². The minimum absolute atomic E-state index is 0.0197. The van der Waals surface area contributed by atoms with E-state index in [0.717, 1.165) is 49.9 Å². The van der Waals surface area contributed by atoms with Crippen molar-refractivity contribution in [3.8, 4) is 0 Å². The van der Waals surface area contributed by atoms with Gasteiger partial charge >= 0.3 is 0 Å². The Morgan fingerprint density at radius 3 is 2.80 bits per heavy atom. The van der Waals surface area contributed by atoms with Crippen LogP contribution >= 0.6 is 0 Å². The van der Waals surface area contributed by atoms with Crippen LogP contribution in [0.25, 0.3) is 0 Å². The van der Waals surface area contributed by atoms with Crippen LogP contribution in [0.15, 0.2) is 0 Å². The van der Waals surface area contributed by atoms with Gasteiger partial charge in [-0.15, -0.1) is 0 Å². The molecule has 0 saturated heterocycles. The number of carbonyl (C=O) groups is 1. The Morgan fingerprint density at radius 1 is 1.30 bits per heavy atom. The Kier molecular flexibility index (Phi) is 5.59. The number of aliphatic hydroxyl groups excluding tert-OH is 1. The molecule has 0 saturated carbocycles. The average molecular weight is 279 g/mol. The van der Waals surface area contributed by atoms with E-state index in [9.17, 15) is 4.79 Å². The van der Waals surface area contributed by atoms with Gasteiger partial charge in [0.05, 0.1) is 0 Å². The zero-order chi connectivity index (χ0) is 14.4. The van der Waals surface area contributed by atoms with Crippen LogP contribution in [0, 0.1) is 0 Å². The molecule has 1 aliphatic rings. The van der Waals surface area contributed by atoms with Crippen molar-refractivity contribution in [2.24, 2.45) is 0 Å². The van der Waals surface area contributed by atoms with Gasteiger partial charge in [0, 0.05) is 31.0 Å². The van der Waals surface area contributed by atoms with Crippen molar-refractivity contribution in [1.82, 2.24) is 15.1 Å². The molecule has 2 N–H and O–H groups in total. The number of hydrogen-bond acceptors (Lipinski definition) is 3. The summed E-state index contributed by atoms with van der Waals surface area (Å²) in [5.41, 5.74) is 2.86. The van der Waals surface area contributed by atoms with E-state index in [1.165, 1.54) is 6.42 Å². The number of rotatable bonds is 7. The Bertz CT molecular complexity index is 434. The van der Waals surface area contributed by atoms with Crippen molar-refractivity contribution in [2.75, 3.05) is 19.7 Å². The smallest absolute Gasteiger partial charge is 0.274 e. The molecule has 2 rings (SSSR count). The van der Waals surface area contributed by atoms with E-state index in [1.807, 2.05) is 4.90 Å². The Balaban J connectivity index is 2.11. The molecule has 20 heavy (non-hydrogen) atoms. The molecule has 0 aliphatic heterocycles. The Labute approximate surface area is 120 Å². The predicted molar refractivity (Wildman–Crippen MR) is 77.7 cm³/mol. The van der Waals surface area contributed by atoms with Crippen molar-refractivity contribution in [2.45, 2.75) is 51.9 Å². The van der Waals surface area contributed by atoms with E-state index in [1.54, 1.807) is 0 Å². The number of aliphatic hydroxyl groups is 1. The number of aromatic amines is 1. The van der Waals surface area contributed by atoms with Gasteiger partial charge in [0.1, 0.15) is 0 Å². The Morgan fingerprint density at radius 2 is 2.05 bits per heavy atom. The normalized spacial score (nSPS) is 14.1. The first kappa shape index (κ1) is 15.0. The van der Waals surface area contributed by atoms with E-state index in [0.29, 0.717) is 18.7 Å². The fourth-order valence-corrected chi connectivity index (χ4v) is 2.73. The third-order valence-corrected chi connectivity index (χ3v) is 3.91. The maximum absolute atomic E-state index is 12.7. The SMILES string of the molecule is CCCCN(CCCO)C(=O)c1n[nH]c2c1CCCC2. The van der Waals surface area contributed by atoms with Crippen LogP contribution in [0.5, 0.6) is 0 Å². The second-order valence-electron chi connectivity index (χ2n) is 5.46. The number of fused-ring (bicyclic) bond motifs is 1. The third-order valence-electron chi connectivity index (χ3n) is 3.91. The largest absolute Gasteiger partial charge is 0.396 e. The van der Waals surface area contributed by atoms with Gasteiger partial charge in [0.2, 0.25) is 0 Å². The minimum atomic E-state index is 0.0197. The van der Waals surface area contributed by atoms with Crippen molar-refractivity contribution in [3.05, 3.63) is 17.0 Å². The Hall–Kier alpha value is -1.36. The molecular formula is C15H25N3O2. The lowest BCUT2D eigenvalue weighted by Crippen LogP contribution is -2.34. The summed E-state index contributed by atoms with van der Waals surface area (Å²) < 4.78 is 0. The molecule has 0 unspecified atom stereocenters. The summed E-state index contributed by atoms with van der Waals surface area (Å²) in [4.78, 5) is 14.5. The van der Waals surface area contributed by atoms with Crippen molar-refractivity contribution >= 4 is 5.91 Å². The summed E-state index contributed by atoms with van der Waals surface area (Å²) in [6.45, 7) is 3.59. The number of hydrogen-bond donors (Lipinski definition) is 2. The van der Waals surface area contributed by atoms with Gasteiger partial charge < -0.3 is 10.0 Å². The summed E-state index contributed by atoms with van der Waals surface area (Å²) in [6.07, 6.45) is 6.94. The van der Waals surface area contributed by atoms with E-state index in [-0.39, 0.29) is 12.5 Å². The lowest BCUT2D eigenvalue weighted by atomic mass is 9.95. The molecule has 1 aromatic heterocycles. The standard InChI is InChI=1S/C15H25N3O2/c1-2-3-9-18(10-6-11-19)15(20)14-12-7-4-5-8-13(12)16-17-14/h19H,2-11H2,1H3,(H,16,17). The number of nitrogens with one attached hydrogen (secondary N) is 1. The van der Waals surface area contributed by atoms with Gasteiger partial charge in [0.25, 0.3) is 5.91 Å². The summed E-state index contributed by atoms with van der Waals surface area (Å²) in [5.74, 6) is 0.0197. The first-order chi connectivity index (χ1) is 9.77. The number of amides is 1. The van der Waals surface area contributed by atoms with Crippen LogP contribution in [0.3, 0.4) is 0 Å². The first-order valence-electron chi connectivity index (χ1n) is 7.74. The monoisotopic (exact) mass is 279 g/mol. The quantitative estimate of drug-likeness (QED) is 0.801. The molecule has 0 radical (unpaired) electrons. The molecule has 0 spiro atoms. The zero-order valence-electron chi connectivity index (χ0n) is 12.3. The van der Waals surface area contributed by atoms with E-state index < -0.39 is 0 Å². The molecule has 112 valence electrons. The molecule has 1 aromatic rings. The fraction of sp³-hybridized carbons (Fsp3) is 0.733. The molecule has 1 heterocycles. The number of aromatic nitrogens is 2. The zero-order valence-corrected chi connectivity index (χ0v) is 12.3. The summed E-state index contributed by atoms with van der Waals surface area (Å²) >= 11 is 0. The third kappa shape index (κ3) is 3.39. The van der Waals surface area contributed by atoms with Crippen molar-refractivity contribution < 1.29 is 9.90 Å². The van der Waals surface area contributed by atoms with Gasteiger partial charge in [0.15, 0.2) is 5.69 Å². The molecule has 1 aliphatic carbocycles. The molecule has 1 amide bonds. The molecule has 0 atom stereocenters. The summed E-state index contributed by atoms with van der Waals surface area (Å²) in [5, 5.41) is 16.3. The number of unbranched alkanes of at least 4 members (excludes halogenated alkanes) is 1.